The van der Waals surface area contributed by atoms with Gasteiger partial charge in [-0.25, -0.2) is 0 Å². The fourth-order valence-corrected chi connectivity index (χ4v) is 4.56. The van der Waals surface area contributed by atoms with E-state index in [0.29, 0.717) is 6.04 Å². The van der Waals surface area contributed by atoms with Gasteiger partial charge in [-0.05, 0) is 90.1 Å². The van der Waals surface area contributed by atoms with E-state index < -0.39 is 0 Å². The molecule has 2 rings (SSSR count). The maximum absolute atomic E-state index is 8.36. The molecule has 45 heavy (non-hydrogen) atoms. The van der Waals surface area contributed by atoms with E-state index in [-0.39, 0.29) is 12.2 Å². The maximum Gasteiger partial charge on any atom is 0.0509 e. The van der Waals surface area contributed by atoms with Crippen molar-refractivity contribution in [1.82, 2.24) is 10.7 Å². The van der Waals surface area contributed by atoms with Crippen LogP contribution in [-0.2, 0) is 0 Å². The first kappa shape index (κ1) is 56.8. The topological polar surface area (TPSA) is 117 Å². The largest absolute Gasteiger partial charge is 0.394 e. The van der Waals surface area contributed by atoms with Crippen molar-refractivity contribution in [2.75, 3.05) is 20.1 Å². The van der Waals surface area contributed by atoms with Crippen LogP contribution in [0.1, 0.15) is 173 Å². The number of aliphatic hydroxyl groups excluding tert-OH is 2. The third kappa shape index (κ3) is 56.2. The number of rotatable bonds is 10. The monoisotopic (exact) mass is 649 g/mol. The maximum atomic E-state index is 8.36. The van der Waals surface area contributed by atoms with Gasteiger partial charge < -0.3 is 21.3 Å². The molecule has 5 atom stereocenters. The van der Waals surface area contributed by atoms with Crippen molar-refractivity contribution in [1.29, 1.82) is 0 Å². The van der Waals surface area contributed by atoms with Crippen LogP contribution in [0.3, 0.4) is 0 Å². The van der Waals surface area contributed by atoms with Gasteiger partial charge in [0, 0.05) is 18.7 Å². The first-order chi connectivity index (χ1) is 21.3. The van der Waals surface area contributed by atoms with Crippen LogP contribution in [0, 0.1) is 29.6 Å². The highest BCUT2D eigenvalue weighted by Crippen LogP contribution is 2.35. The van der Waals surface area contributed by atoms with E-state index in [9.17, 15) is 0 Å². The zero-order valence-corrected chi connectivity index (χ0v) is 33.7. The third-order valence-corrected chi connectivity index (χ3v) is 8.16. The number of unbranched alkanes of at least 4 members (excludes halogenated alkanes) is 2. The molecule has 0 spiro atoms. The summed E-state index contributed by atoms with van der Waals surface area (Å²) in [7, 11) is 1.50. The molecule has 2 fully saturated rings. The summed E-state index contributed by atoms with van der Waals surface area (Å²) in [6, 6.07) is 0.663. The van der Waals surface area contributed by atoms with Gasteiger partial charge in [0.25, 0.3) is 0 Å². The quantitative estimate of drug-likeness (QED) is 0.0798. The lowest BCUT2D eigenvalue weighted by Crippen LogP contribution is -2.33. The SMILES string of the molecule is C=C.CC(C)O.CC1CCC(C)[C@H](CCNC(C)C(C)C)C1.CCC(C)O.CCC1CCCC1.CCCCC.CCNN.CN. The number of hydrogen-bond acceptors (Lipinski definition) is 6. The normalized spacial score (nSPS) is 19.7. The third-order valence-electron chi connectivity index (χ3n) is 8.16. The van der Waals surface area contributed by atoms with Crippen molar-refractivity contribution in [2.45, 2.75) is 192 Å². The summed E-state index contributed by atoms with van der Waals surface area (Å²) in [5.41, 5.74) is 6.93. The lowest BCUT2D eigenvalue weighted by atomic mass is 9.74. The summed E-state index contributed by atoms with van der Waals surface area (Å²) in [5, 5.41) is 20.1. The molecule has 2 aliphatic carbocycles. The van der Waals surface area contributed by atoms with Crippen molar-refractivity contribution in [3.05, 3.63) is 13.2 Å². The highest BCUT2D eigenvalue weighted by molar-refractivity contribution is 4.77. The van der Waals surface area contributed by atoms with E-state index in [4.69, 9.17) is 16.1 Å². The molecular weight excluding hydrogens is 556 g/mol. The van der Waals surface area contributed by atoms with E-state index >= 15 is 0 Å². The first-order valence-corrected chi connectivity index (χ1v) is 18.9. The number of nitrogens with two attached hydrogens (primary N) is 2. The number of nitrogens with one attached hydrogen (secondary N) is 2. The smallest absolute Gasteiger partial charge is 0.0509 e. The highest BCUT2D eigenvalue weighted by Gasteiger charge is 2.25. The second kappa shape index (κ2) is 47.9. The number of hydrazine groups is 1. The summed E-state index contributed by atoms with van der Waals surface area (Å²) < 4.78 is 0. The van der Waals surface area contributed by atoms with Gasteiger partial charge in [-0.3, -0.25) is 11.3 Å². The molecule has 0 radical (unpaired) electrons. The molecule has 0 aromatic heterocycles. The Morgan fingerprint density at radius 1 is 0.800 bits per heavy atom. The lowest BCUT2D eigenvalue weighted by Gasteiger charge is -2.33. The second-order valence-electron chi connectivity index (χ2n) is 13.3. The molecule has 280 valence electrons. The number of hydrogen-bond donors (Lipinski definition) is 6. The summed E-state index contributed by atoms with van der Waals surface area (Å²) in [6.07, 6.45) is 17.8. The van der Waals surface area contributed by atoms with Gasteiger partial charge in [0.1, 0.15) is 0 Å². The van der Waals surface area contributed by atoms with Gasteiger partial charge in [-0.15, -0.1) is 13.2 Å². The molecule has 2 saturated carbocycles. The van der Waals surface area contributed by atoms with Crippen LogP contribution in [-0.4, -0.2) is 48.6 Å². The Hall–Kier alpha value is -0.500. The van der Waals surface area contributed by atoms with Gasteiger partial charge >= 0.3 is 0 Å². The summed E-state index contributed by atoms with van der Waals surface area (Å²) >= 11 is 0. The van der Waals surface area contributed by atoms with Gasteiger partial charge in [-0.2, -0.15) is 0 Å². The van der Waals surface area contributed by atoms with Crippen LogP contribution in [0.15, 0.2) is 13.2 Å². The Bertz CT molecular complexity index is 465. The molecular formula is C39H92N4O2. The van der Waals surface area contributed by atoms with Crippen molar-refractivity contribution < 1.29 is 10.2 Å². The molecule has 0 aromatic rings. The molecule has 0 heterocycles. The van der Waals surface area contributed by atoms with Crippen molar-refractivity contribution in [3.63, 3.8) is 0 Å². The molecule has 0 saturated heterocycles. The molecule has 6 heteroatoms. The zero-order valence-electron chi connectivity index (χ0n) is 33.7. The fourth-order valence-electron chi connectivity index (χ4n) is 4.56. The first-order valence-electron chi connectivity index (χ1n) is 18.9. The Morgan fingerprint density at radius 2 is 1.22 bits per heavy atom. The Morgan fingerprint density at radius 3 is 1.49 bits per heavy atom. The molecule has 0 bridgehead atoms. The summed E-state index contributed by atoms with van der Waals surface area (Å²) in [5.74, 6) is 9.51. The van der Waals surface area contributed by atoms with Crippen molar-refractivity contribution in [2.24, 2.45) is 41.2 Å². The van der Waals surface area contributed by atoms with Gasteiger partial charge in [0.2, 0.25) is 0 Å². The van der Waals surface area contributed by atoms with Crippen LogP contribution in [0.25, 0.3) is 0 Å². The summed E-state index contributed by atoms with van der Waals surface area (Å²) in [6.45, 7) is 35.7. The van der Waals surface area contributed by atoms with Crippen LogP contribution in [0.5, 0.6) is 0 Å². The van der Waals surface area contributed by atoms with Crippen molar-refractivity contribution in [3.8, 4) is 0 Å². The predicted octanol–water partition coefficient (Wildman–Crippen LogP) is 9.88. The Balaban J connectivity index is -0.000000110. The molecule has 2 aliphatic rings. The average Bonchev–Trinajstić information content (AvgIpc) is 3.56. The highest BCUT2D eigenvalue weighted by atomic mass is 16.3. The van der Waals surface area contributed by atoms with E-state index in [2.05, 4.69) is 85.0 Å². The average molecular weight is 649 g/mol. The predicted molar refractivity (Wildman–Crippen MR) is 209 cm³/mol. The van der Waals surface area contributed by atoms with Crippen LogP contribution in [0.4, 0.5) is 0 Å². The Kier molecular flexibility index (Phi) is 60.5. The van der Waals surface area contributed by atoms with E-state index in [1.807, 2.05) is 13.8 Å². The van der Waals surface area contributed by atoms with Gasteiger partial charge in [-0.1, -0.05) is 127 Å². The van der Waals surface area contributed by atoms with E-state index in [0.717, 1.165) is 42.6 Å². The minimum atomic E-state index is -0.167. The van der Waals surface area contributed by atoms with E-state index in [1.165, 1.54) is 90.6 Å². The minimum absolute atomic E-state index is 0.116. The van der Waals surface area contributed by atoms with Crippen LogP contribution in [0.2, 0.25) is 0 Å². The fraction of sp³-hybridized carbons (Fsp3) is 0.949. The van der Waals surface area contributed by atoms with Gasteiger partial charge in [0.05, 0.1) is 6.10 Å². The van der Waals surface area contributed by atoms with Crippen molar-refractivity contribution >= 4 is 0 Å². The minimum Gasteiger partial charge on any atom is -0.394 e. The molecule has 0 amide bonds. The van der Waals surface area contributed by atoms with E-state index in [1.54, 1.807) is 20.8 Å². The second-order valence-corrected chi connectivity index (χ2v) is 13.3. The summed E-state index contributed by atoms with van der Waals surface area (Å²) in [4.78, 5) is 0. The molecule has 0 aromatic carbocycles. The molecule has 6 nitrogen and oxygen atoms in total. The van der Waals surface area contributed by atoms with Gasteiger partial charge in [0.15, 0.2) is 0 Å². The lowest BCUT2D eigenvalue weighted by molar-refractivity contribution is 0.189. The molecule has 0 aliphatic heterocycles. The van der Waals surface area contributed by atoms with Crippen LogP contribution >= 0.6 is 0 Å². The Labute approximate surface area is 286 Å². The molecule has 8 N–H and O–H groups in total. The zero-order chi connectivity index (χ0) is 36.6. The number of aliphatic hydroxyl groups is 2. The molecule has 4 unspecified atom stereocenters. The standard InChI is InChI=1S/C15H31N.C7H14.C5H12.C4H10O.C3H8O.C2H8N2.C2H4.CH5N/c1-11(2)14(5)16-9-8-15-10-12(3)6-7-13(15)4;1-2-7-5-3-4-6-7;1-3-5-4-2;1-3-4(2)5;1-3(2)4;1-2-4-3;2*1-2/h11-16H,6-10H2,1-5H3;7H,2-6H2,1H3;3-5H2,1-2H3;4-5H,3H2,1-2H3;3-4H,1-2H3;4H,2-3H2,1H3;1-2H2;2H2,1H3/t12?,13?,14?,15-;;;;;;;/m1......./s1. The van der Waals surface area contributed by atoms with Crippen LogP contribution < -0.4 is 22.3 Å².